The minimum Gasteiger partial charge on any atom is -0.465 e. The maximum absolute atomic E-state index is 12.8. The summed E-state index contributed by atoms with van der Waals surface area (Å²) in [4.78, 5) is 55.4. The number of hydrogen-bond donors (Lipinski definition) is 1. The molecule has 0 unspecified atom stereocenters. The van der Waals surface area contributed by atoms with Crippen molar-refractivity contribution in [3.63, 3.8) is 0 Å². The van der Waals surface area contributed by atoms with Gasteiger partial charge in [0.25, 0.3) is 5.56 Å². The number of H-pyrrole nitrogens is 1. The Hall–Kier alpha value is -3.30. The summed E-state index contributed by atoms with van der Waals surface area (Å²) in [5, 5.41) is 0.302. The first kappa shape index (κ1) is 22.4. The van der Waals surface area contributed by atoms with Crippen molar-refractivity contribution in [3.8, 4) is 0 Å². The van der Waals surface area contributed by atoms with Crippen molar-refractivity contribution in [1.29, 1.82) is 0 Å². The number of ether oxygens (including phenoxy) is 2. The molecule has 31 heavy (non-hydrogen) atoms. The number of rotatable bonds is 4. The number of nitrogens with one attached hydrogen (secondary N) is 1. The Balaban J connectivity index is 1.80. The zero-order valence-electron chi connectivity index (χ0n) is 18.3. The van der Waals surface area contributed by atoms with Gasteiger partial charge in [-0.15, -0.1) is 0 Å². The monoisotopic (exact) mass is 432 g/mol. The fourth-order valence-electron chi connectivity index (χ4n) is 3.39. The highest BCUT2D eigenvalue weighted by atomic mass is 16.6. The van der Waals surface area contributed by atoms with Crippen molar-refractivity contribution in [2.45, 2.75) is 39.8 Å². The first-order chi connectivity index (χ1) is 14.6. The Morgan fingerprint density at radius 1 is 1.10 bits per heavy atom. The summed E-state index contributed by atoms with van der Waals surface area (Å²) in [6.07, 6.45) is -0.343. The van der Waals surface area contributed by atoms with Crippen LogP contribution in [-0.2, 0) is 20.8 Å². The third-order valence-electron chi connectivity index (χ3n) is 4.85. The zero-order valence-corrected chi connectivity index (χ0v) is 18.3. The number of amides is 1. The van der Waals surface area contributed by atoms with Gasteiger partial charge < -0.3 is 24.3 Å². The summed E-state index contributed by atoms with van der Waals surface area (Å²) in [6.45, 7) is 8.99. The molecule has 10 nitrogen and oxygen atoms in total. The smallest absolute Gasteiger partial charge is 0.410 e. The van der Waals surface area contributed by atoms with Gasteiger partial charge in [0, 0.05) is 31.9 Å². The van der Waals surface area contributed by atoms with Gasteiger partial charge in [-0.2, -0.15) is 0 Å². The number of piperazine rings is 1. The molecule has 0 bridgehead atoms. The highest BCUT2D eigenvalue weighted by Gasteiger charge is 2.26. The van der Waals surface area contributed by atoms with Gasteiger partial charge in [-0.05, 0) is 45.9 Å². The van der Waals surface area contributed by atoms with Crippen LogP contribution in [0.15, 0.2) is 27.8 Å². The molecule has 3 rings (SSSR count). The molecule has 0 spiro atoms. The zero-order chi connectivity index (χ0) is 22.8. The van der Waals surface area contributed by atoms with Crippen LogP contribution in [0.5, 0.6) is 0 Å². The van der Waals surface area contributed by atoms with Crippen LogP contribution in [0.1, 0.15) is 27.7 Å². The molecule has 1 aliphatic heterocycles. The van der Waals surface area contributed by atoms with Crippen LogP contribution >= 0.6 is 0 Å². The average molecular weight is 432 g/mol. The van der Waals surface area contributed by atoms with E-state index in [0.29, 0.717) is 37.1 Å². The Kier molecular flexibility index (Phi) is 6.37. The first-order valence-corrected chi connectivity index (χ1v) is 10.2. The Morgan fingerprint density at radius 2 is 1.77 bits per heavy atom. The van der Waals surface area contributed by atoms with E-state index in [1.807, 2.05) is 26.8 Å². The molecule has 1 aromatic carbocycles. The highest BCUT2D eigenvalue weighted by Crippen LogP contribution is 2.21. The minimum absolute atomic E-state index is 0.165. The lowest BCUT2D eigenvalue weighted by atomic mass is 10.2. The van der Waals surface area contributed by atoms with Crippen LogP contribution in [0.3, 0.4) is 0 Å². The SMILES string of the molecule is CCOC(=O)Cn1c(=O)[nH]c2ccc(N3CCN(C(=O)OC(C)(C)C)CC3)cc2c1=O. The molecule has 2 aromatic rings. The molecule has 2 heterocycles. The summed E-state index contributed by atoms with van der Waals surface area (Å²) in [7, 11) is 0. The number of fused-ring (bicyclic) bond motifs is 1. The molecule has 10 heteroatoms. The number of carbonyl (C=O) groups is 2. The van der Waals surface area contributed by atoms with Gasteiger partial charge >= 0.3 is 17.8 Å². The quantitative estimate of drug-likeness (QED) is 0.725. The molecular weight excluding hydrogens is 404 g/mol. The average Bonchev–Trinajstić information content (AvgIpc) is 2.70. The van der Waals surface area contributed by atoms with E-state index in [1.165, 1.54) is 0 Å². The lowest BCUT2D eigenvalue weighted by Gasteiger charge is -2.36. The van der Waals surface area contributed by atoms with Crippen LogP contribution in [-0.4, -0.2) is 64.9 Å². The second-order valence-electron chi connectivity index (χ2n) is 8.31. The number of carbonyl (C=O) groups excluding carboxylic acids is 2. The van der Waals surface area contributed by atoms with Gasteiger partial charge in [0.1, 0.15) is 12.1 Å². The number of esters is 1. The molecule has 1 aliphatic rings. The van der Waals surface area contributed by atoms with Crippen molar-refractivity contribution >= 4 is 28.7 Å². The van der Waals surface area contributed by atoms with E-state index >= 15 is 0 Å². The van der Waals surface area contributed by atoms with E-state index in [1.54, 1.807) is 24.0 Å². The fourth-order valence-corrected chi connectivity index (χ4v) is 3.39. The third kappa shape index (κ3) is 5.25. The molecule has 168 valence electrons. The summed E-state index contributed by atoms with van der Waals surface area (Å²) in [5.74, 6) is -0.649. The molecule has 0 radical (unpaired) electrons. The number of aromatic nitrogens is 2. The predicted octanol–water partition coefficient (Wildman–Crippen LogP) is 1.31. The van der Waals surface area contributed by atoms with Crippen molar-refractivity contribution in [2.24, 2.45) is 0 Å². The van der Waals surface area contributed by atoms with E-state index in [2.05, 4.69) is 9.88 Å². The van der Waals surface area contributed by atoms with Gasteiger partial charge in [0.2, 0.25) is 0 Å². The van der Waals surface area contributed by atoms with E-state index in [0.717, 1.165) is 10.3 Å². The number of anilines is 1. The lowest BCUT2D eigenvalue weighted by Crippen LogP contribution is -2.50. The molecule has 1 aromatic heterocycles. The van der Waals surface area contributed by atoms with Crippen molar-refractivity contribution < 1.29 is 19.1 Å². The van der Waals surface area contributed by atoms with Crippen molar-refractivity contribution in [1.82, 2.24) is 14.5 Å². The summed E-state index contributed by atoms with van der Waals surface area (Å²) < 4.78 is 11.1. The van der Waals surface area contributed by atoms with Crippen LogP contribution in [0.4, 0.5) is 10.5 Å². The minimum atomic E-state index is -0.663. The van der Waals surface area contributed by atoms with E-state index in [4.69, 9.17) is 9.47 Å². The lowest BCUT2D eigenvalue weighted by molar-refractivity contribution is -0.143. The van der Waals surface area contributed by atoms with Crippen LogP contribution < -0.4 is 16.1 Å². The van der Waals surface area contributed by atoms with Gasteiger partial charge in [-0.1, -0.05) is 0 Å². The maximum atomic E-state index is 12.8. The molecule has 0 aliphatic carbocycles. The Morgan fingerprint density at radius 3 is 2.39 bits per heavy atom. The molecule has 0 atom stereocenters. The van der Waals surface area contributed by atoms with E-state index in [9.17, 15) is 19.2 Å². The highest BCUT2D eigenvalue weighted by molar-refractivity contribution is 5.82. The predicted molar refractivity (Wildman–Crippen MR) is 115 cm³/mol. The number of nitrogens with zero attached hydrogens (tertiary/aromatic N) is 3. The molecule has 0 saturated carbocycles. The third-order valence-corrected chi connectivity index (χ3v) is 4.85. The first-order valence-electron chi connectivity index (χ1n) is 10.2. The standard InChI is InChI=1S/C21H28N4O6/c1-5-30-17(26)13-25-18(27)15-12-14(6-7-16(15)22-19(25)28)23-8-10-24(11-9-23)20(29)31-21(2,3)4/h6-7,12H,5,8-11,13H2,1-4H3,(H,22,28). The van der Waals surface area contributed by atoms with Gasteiger partial charge in [-0.25, -0.2) is 14.2 Å². The topological polar surface area (TPSA) is 114 Å². The van der Waals surface area contributed by atoms with Gasteiger partial charge in [0.15, 0.2) is 0 Å². The normalized spacial score (nSPS) is 14.6. The Labute approximate surface area is 179 Å². The molecule has 1 fully saturated rings. The second kappa shape index (κ2) is 8.83. The number of aromatic amines is 1. The Bertz CT molecular complexity index is 1090. The van der Waals surface area contributed by atoms with Crippen LogP contribution in [0.2, 0.25) is 0 Å². The molecular formula is C21H28N4O6. The fraction of sp³-hybridized carbons (Fsp3) is 0.524. The number of hydrogen-bond acceptors (Lipinski definition) is 7. The maximum Gasteiger partial charge on any atom is 0.410 e. The van der Waals surface area contributed by atoms with E-state index < -0.39 is 29.4 Å². The number of benzene rings is 1. The van der Waals surface area contributed by atoms with Crippen LogP contribution in [0, 0.1) is 0 Å². The van der Waals surface area contributed by atoms with Crippen molar-refractivity contribution in [3.05, 3.63) is 39.0 Å². The summed E-state index contributed by atoms with van der Waals surface area (Å²) in [5.41, 5.74) is -0.577. The second-order valence-corrected chi connectivity index (χ2v) is 8.31. The van der Waals surface area contributed by atoms with Crippen LogP contribution in [0.25, 0.3) is 10.9 Å². The molecule has 1 saturated heterocycles. The largest absolute Gasteiger partial charge is 0.465 e. The van der Waals surface area contributed by atoms with E-state index in [-0.39, 0.29) is 12.7 Å². The molecule has 1 amide bonds. The van der Waals surface area contributed by atoms with Gasteiger partial charge in [-0.3, -0.25) is 9.59 Å². The summed E-state index contributed by atoms with van der Waals surface area (Å²) in [6, 6.07) is 5.18. The molecule has 1 N–H and O–H groups in total. The summed E-state index contributed by atoms with van der Waals surface area (Å²) >= 11 is 0. The van der Waals surface area contributed by atoms with Crippen molar-refractivity contribution in [2.75, 3.05) is 37.7 Å². The van der Waals surface area contributed by atoms with Gasteiger partial charge in [0.05, 0.1) is 17.5 Å².